The maximum atomic E-state index is 10.5. The Kier molecular flexibility index (Phi) is 8.35. The Morgan fingerprint density at radius 2 is 2.17 bits per heavy atom. The van der Waals surface area contributed by atoms with Crippen LogP contribution in [0.1, 0.15) is 37.7 Å². The Morgan fingerprint density at radius 3 is 2.74 bits per heavy atom. The first-order chi connectivity index (χ1) is 10.5. The minimum absolute atomic E-state index is 0. The third-order valence-corrected chi connectivity index (χ3v) is 3.87. The molecule has 0 amide bonds. The predicted molar refractivity (Wildman–Crippen MR) is 101 cm³/mol. The normalized spacial score (nSPS) is 21.2. The average molecular weight is 437 g/mol. The van der Waals surface area contributed by atoms with E-state index in [1.165, 1.54) is 6.42 Å². The second-order valence-electron chi connectivity index (χ2n) is 5.98. The quantitative estimate of drug-likeness (QED) is 0.374. The van der Waals surface area contributed by atoms with Crippen molar-refractivity contribution >= 4 is 29.9 Å². The molecular weight excluding hydrogens is 409 g/mol. The fourth-order valence-electron chi connectivity index (χ4n) is 2.47. The van der Waals surface area contributed by atoms with Crippen LogP contribution in [0.5, 0.6) is 0 Å². The lowest BCUT2D eigenvalue weighted by atomic mass is 10.0. The Balaban J connectivity index is 0.00000264. The van der Waals surface area contributed by atoms with Crippen LogP contribution in [0.15, 0.2) is 21.5 Å². The van der Waals surface area contributed by atoms with E-state index in [0.717, 1.165) is 31.8 Å². The zero-order valence-corrected chi connectivity index (χ0v) is 16.4. The number of guanidine groups is 1. The van der Waals surface area contributed by atoms with Gasteiger partial charge in [0.25, 0.3) is 0 Å². The molecule has 2 heterocycles. The second-order valence-corrected chi connectivity index (χ2v) is 5.98. The Labute approximate surface area is 155 Å². The number of rotatable bonds is 5. The molecule has 1 aromatic heterocycles. The second kappa shape index (κ2) is 9.48. The summed E-state index contributed by atoms with van der Waals surface area (Å²) in [5.41, 5.74) is -1.09. The van der Waals surface area contributed by atoms with Gasteiger partial charge in [-0.05, 0) is 45.2 Å². The van der Waals surface area contributed by atoms with Crippen molar-refractivity contribution in [2.75, 3.05) is 26.7 Å². The lowest BCUT2D eigenvalue weighted by Gasteiger charge is -2.25. The fourth-order valence-corrected chi connectivity index (χ4v) is 2.47. The summed E-state index contributed by atoms with van der Waals surface area (Å²) in [6.07, 6.45) is 3.67. The number of aryl methyl sites for hydroxylation is 1. The van der Waals surface area contributed by atoms with E-state index >= 15 is 0 Å². The summed E-state index contributed by atoms with van der Waals surface area (Å²) in [4.78, 5) is 4.17. The van der Waals surface area contributed by atoms with Gasteiger partial charge in [-0.3, -0.25) is 4.99 Å². The highest BCUT2D eigenvalue weighted by molar-refractivity contribution is 14.0. The number of halogens is 1. The number of aliphatic imine (C=N–C) groups is 1. The van der Waals surface area contributed by atoms with Crippen molar-refractivity contribution in [1.82, 2.24) is 10.6 Å². The van der Waals surface area contributed by atoms with E-state index in [9.17, 15) is 5.11 Å². The van der Waals surface area contributed by atoms with E-state index in [1.807, 2.05) is 13.0 Å². The van der Waals surface area contributed by atoms with E-state index in [-0.39, 0.29) is 30.1 Å². The topological polar surface area (TPSA) is 79.0 Å². The highest BCUT2D eigenvalue weighted by Crippen LogP contribution is 2.21. The molecule has 0 spiro atoms. The van der Waals surface area contributed by atoms with Crippen LogP contribution in [0.3, 0.4) is 0 Å². The van der Waals surface area contributed by atoms with Gasteiger partial charge in [0.05, 0.1) is 12.6 Å². The lowest BCUT2D eigenvalue weighted by molar-refractivity contribution is 0.0191. The molecule has 6 nitrogen and oxygen atoms in total. The van der Waals surface area contributed by atoms with Gasteiger partial charge in [0.1, 0.15) is 17.1 Å². The highest BCUT2D eigenvalue weighted by Gasteiger charge is 2.27. The van der Waals surface area contributed by atoms with Gasteiger partial charge in [-0.25, -0.2) is 0 Å². The largest absolute Gasteiger partial charge is 0.463 e. The first kappa shape index (κ1) is 20.2. The number of aliphatic hydroxyl groups is 1. The van der Waals surface area contributed by atoms with Crippen molar-refractivity contribution in [2.24, 2.45) is 4.99 Å². The van der Waals surface area contributed by atoms with Gasteiger partial charge in [-0.1, -0.05) is 0 Å². The van der Waals surface area contributed by atoms with E-state index < -0.39 is 5.60 Å². The third kappa shape index (κ3) is 6.31. The van der Waals surface area contributed by atoms with Crippen LogP contribution in [0, 0.1) is 6.92 Å². The van der Waals surface area contributed by atoms with Crippen molar-refractivity contribution in [3.8, 4) is 0 Å². The molecule has 1 aliphatic rings. The van der Waals surface area contributed by atoms with Gasteiger partial charge in [0, 0.05) is 20.2 Å². The molecule has 1 aliphatic heterocycles. The van der Waals surface area contributed by atoms with Gasteiger partial charge >= 0.3 is 0 Å². The van der Waals surface area contributed by atoms with Gasteiger partial charge in [-0.15, -0.1) is 24.0 Å². The van der Waals surface area contributed by atoms with Gasteiger partial charge < -0.3 is 24.9 Å². The van der Waals surface area contributed by atoms with E-state index in [2.05, 4.69) is 15.6 Å². The molecule has 0 bridgehead atoms. The van der Waals surface area contributed by atoms with E-state index in [4.69, 9.17) is 9.15 Å². The summed E-state index contributed by atoms with van der Waals surface area (Å²) in [6, 6.07) is 3.64. The average Bonchev–Trinajstić information content (AvgIpc) is 2.96. The van der Waals surface area contributed by atoms with Crippen molar-refractivity contribution in [1.29, 1.82) is 0 Å². The molecule has 0 saturated carbocycles. The molecule has 0 aliphatic carbocycles. The van der Waals surface area contributed by atoms with Crippen molar-refractivity contribution in [3.63, 3.8) is 0 Å². The minimum atomic E-state index is -1.09. The Morgan fingerprint density at radius 1 is 1.39 bits per heavy atom. The van der Waals surface area contributed by atoms with Crippen LogP contribution in [0.4, 0.5) is 0 Å². The fraction of sp³-hybridized carbons (Fsp3) is 0.688. The highest BCUT2D eigenvalue weighted by atomic mass is 127. The summed E-state index contributed by atoms with van der Waals surface area (Å²) < 4.78 is 11.2. The van der Waals surface area contributed by atoms with Crippen molar-refractivity contribution < 1.29 is 14.3 Å². The number of hydrogen-bond donors (Lipinski definition) is 3. The molecule has 2 rings (SSSR count). The summed E-state index contributed by atoms with van der Waals surface area (Å²) in [5.74, 6) is 1.98. The number of hydrogen-bond acceptors (Lipinski definition) is 4. The smallest absolute Gasteiger partial charge is 0.191 e. The molecular formula is C16H28IN3O3. The van der Waals surface area contributed by atoms with Gasteiger partial charge in [-0.2, -0.15) is 0 Å². The van der Waals surface area contributed by atoms with Gasteiger partial charge in [0.15, 0.2) is 5.96 Å². The molecule has 1 fully saturated rings. The van der Waals surface area contributed by atoms with Crippen molar-refractivity contribution in [2.45, 2.75) is 44.8 Å². The maximum absolute atomic E-state index is 10.5. The first-order valence-electron chi connectivity index (χ1n) is 7.86. The van der Waals surface area contributed by atoms with E-state index in [1.54, 1.807) is 20.0 Å². The van der Waals surface area contributed by atoms with Crippen LogP contribution in [-0.4, -0.2) is 43.9 Å². The number of nitrogens with zero attached hydrogens (tertiary/aromatic N) is 1. The minimum Gasteiger partial charge on any atom is -0.463 e. The molecule has 1 saturated heterocycles. The zero-order chi connectivity index (χ0) is 16.0. The van der Waals surface area contributed by atoms with Crippen LogP contribution in [0.25, 0.3) is 0 Å². The molecule has 7 heteroatoms. The number of nitrogens with one attached hydrogen (secondary N) is 2. The maximum Gasteiger partial charge on any atom is 0.191 e. The Hall–Kier alpha value is -0.800. The predicted octanol–water partition coefficient (Wildman–Crippen LogP) is 2.15. The SMILES string of the molecule is CN=C(NCC1CCCCO1)NCC(C)(O)c1ccc(C)o1.I. The standard InChI is InChI=1S/C16H27N3O3.HI/c1-12-7-8-14(22-12)16(2,20)11-19-15(17-3)18-10-13-6-4-5-9-21-13;/h7-8,13,20H,4-6,9-11H2,1-3H3,(H2,17,18,19);1H. The molecule has 23 heavy (non-hydrogen) atoms. The lowest BCUT2D eigenvalue weighted by Crippen LogP contribution is -2.46. The van der Waals surface area contributed by atoms with Crippen LogP contribution >= 0.6 is 24.0 Å². The molecule has 0 aromatic carbocycles. The van der Waals surface area contributed by atoms with Crippen LogP contribution in [0.2, 0.25) is 0 Å². The van der Waals surface area contributed by atoms with Crippen molar-refractivity contribution in [3.05, 3.63) is 23.7 Å². The monoisotopic (exact) mass is 437 g/mol. The molecule has 0 radical (unpaired) electrons. The molecule has 132 valence electrons. The van der Waals surface area contributed by atoms with Crippen LogP contribution < -0.4 is 10.6 Å². The summed E-state index contributed by atoms with van der Waals surface area (Å²) in [5, 5.41) is 16.9. The summed E-state index contributed by atoms with van der Waals surface area (Å²) in [6.45, 7) is 5.45. The summed E-state index contributed by atoms with van der Waals surface area (Å²) >= 11 is 0. The third-order valence-electron chi connectivity index (χ3n) is 3.87. The van der Waals surface area contributed by atoms with E-state index in [0.29, 0.717) is 18.3 Å². The molecule has 1 aromatic rings. The first-order valence-corrected chi connectivity index (χ1v) is 7.86. The summed E-state index contributed by atoms with van der Waals surface area (Å²) in [7, 11) is 1.71. The van der Waals surface area contributed by atoms with Gasteiger partial charge in [0.2, 0.25) is 0 Å². The number of furan rings is 1. The molecule has 2 atom stereocenters. The number of ether oxygens (including phenoxy) is 1. The molecule has 2 unspecified atom stereocenters. The Bertz CT molecular complexity index is 497. The molecule has 3 N–H and O–H groups in total. The van der Waals surface area contributed by atoms with Crippen LogP contribution in [-0.2, 0) is 10.3 Å². The zero-order valence-electron chi connectivity index (χ0n) is 14.1.